The fourth-order valence-electron chi connectivity index (χ4n) is 3.83. The van der Waals surface area contributed by atoms with Crippen molar-refractivity contribution in [3.05, 3.63) is 77.4 Å². The van der Waals surface area contributed by atoms with E-state index >= 15 is 0 Å². The van der Waals surface area contributed by atoms with Crippen molar-refractivity contribution >= 4 is 23.2 Å². The third-order valence-corrected chi connectivity index (χ3v) is 5.45. The largest absolute Gasteiger partial charge is 0.497 e. The number of carbonyl (C=O) groups is 2. The molecule has 0 atom stereocenters. The Morgan fingerprint density at radius 1 is 1.00 bits per heavy atom. The molecule has 5 heteroatoms. The molecular weight excluding hydrogens is 376 g/mol. The van der Waals surface area contributed by atoms with Crippen molar-refractivity contribution in [1.29, 1.82) is 0 Å². The molecule has 0 aromatic heterocycles. The van der Waals surface area contributed by atoms with Crippen LogP contribution in [-0.4, -0.2) is 25.5 Å². The predicted molar refractivity (Wildman–Crippen MR) is 119 cm³/mol. The standard InChI is InChI=1S/C25H24N2O3/c1-16-4-6-18(7-5-16)22-10-9-21(30-3)15-23(22)25(29)26-20-8-11-24-19(14-20)12-13-27(24)17(2)28/h4-11,14-15H,12-13H2,1-3H3,(H,26,29). The molecule has 3 aromatic carbocycles. The maximum absolute atomic E-state index is 13.2. The Labute approximate surface area is 176 Å². The van der Waals surface area contributed by atoms with Gasteiger partial charge in [-0.2, -0.15) is 0 Å². The van der Waals surface area contributed by atoms with Gasteiger partial charge in [0.1, 0.15) is 5.75 Å². The van der Waals surface area contributed by atoms with Gasteiger partial charge in [-0.25, -0.2) is 0 Å². The van der Waals surface area contributed by atoms with Gasteiger partial charge >= 0.3 is 0 Å². The van der Waals surface area contributed by atoms with Gasteiger partial charge in [0.25, 0.3) is 5.91 Å². The maximum atomic E-state index is 13.2. The molecule has 0 saturated carbocycles. The zero-order valence-electron chi connectivity index (χ0n) is 17.4. The number of nitrogens with one attached hydrogen (secondary N) is 1. The van der Waals surface area contributed by atoms with Gasteiger partial charge in [-0.05, 0) is 66.4 Å². The van der Waals surface area contributed by atoms with Crippen LogP contribution in [0.1, 0.15) is 28.4 Å². The third-order valence-electron chi connectivity index (χ3n) is 5.45. The second-order valence-electron chi connectivity index (χ2n) is 7.50. The summed E-state index contributed by atoms with van der Waals surface area (Å²) >= 11 is 0. The highest BCUT2D eigenvalue weighted by molar-refractivity contribution is 6.09. The van der Waals surface area contributed by atoms with Crippen molar-refractivity contribution < 1.29 is 14.3 Å². The predicted octanol–water partition coefficient (Wildman–Crippen LogP) is 4.83. The first-order valence-electron chi connectivity index (χ1n) is 9.94. The lowest BCUT2D eigenvalue weighted by atomic mass is 9.98. The van der Waals surface area contributed by atoms with Crippen LogP contribution in [0, 0.1) is 6.92 Å². The summed E-state index contributed by atoms with van der Waals surface area (Å²) < 4.78 is 5.34. The Morgan fingerprint density at radius 2 is 1.77 bits per heavy atom. The van der Waals surface area contributed by atoms with E-state index in [1.54, 1.807) is 25.0 Å². The van der Waals surface area contributed by atoms with Crippen molar-refractivity contribution in [2.75, 3.05) is 23.9 Å². The minimum absolute atomic E-state index is 0.0321. The number of anilines is 2. The lowest BCUT2D eigenvalue weighted by Crippen LogP contribution is -2.25. The number of amides is 2. The van der Waals surface area contributed by atoms with Gasteiger partial charge in [-0.15, -0.1) is 0 Å². The highest BCUT2D eigenvalue weighted by Crippen LogP contribution is 2.32. The van der Waals surface area contributed by atoms with Crippen LogP contribution in [-0.2, 0) is 11.2 Å². The van der Waals surface area contributed by atoms with E-state index in [4.69, 9.17) is 4.74 Å². The minimum Gasteiger partial charge on any atom is -0.497 e. The minimum atomic E-state index is -0.203. The highest BCUT2D eigenvalue weighted by Gasteiger charge is 2.23. The van der Waals surface area contributed by atoms with Gasteiger partial charge in [0.05, 0.1) is 12.7 Å². The summed E-state index contributed by atoms with van der Waals surface area (Å²) in [6.07, 6.45) is 0.784. The smallest absolute Gasteiger partial charge is 0.256 e. The number of methoxy groups -OCH3 is 1. The molecule has 1 aliphatic rings. The monoisotopic (exact) mass is 400 g/mol. The average molecular weight is 400 g/mol. The van der Waals surface area contributed by atoms with Crippen LogP contribution >= 0.6 is 0 Å². The summed E-state index contributed by atoms with van der Waals surface area (Å²) in [4.78, 5) is 26.7. The second kappa shape index (κ2) is 8.03. The topological polar surface area (TPSA) is 58.6 Å². The molecule has 1 N–H and O–H groups in total. The molecule has 1 heterocycles. The van der Waals surface area contributed by atoms with Crippen LogP contribution in [0.25, 0.3) is 11.1 Å². The van der Waals surface area contributed by atoms with Gasteiger partial charge in [-0.1, -0.05) is 29.8 Å². The van der Waals surface area contributed by atoms with E-state index < -0.39 is 0 Å². The number of nitrogens with zero attached hydrogens (tertiary/aromatic N) is 1. The Bertz CT molecular complexity index is 1120. The van der Waals surface area contributed by atoms with E-state index in [0.29, 0.717) is 23.5 Å². The van der Waals surface area contributed by atoms with Crippen molar-refractivity contribution in [3.8, 4) is 16.9 Å². The van der Waals surface area contributed by atoms with E-state index in [0.717, 1.165) is 34.4 Å². The van der Waals surface area contributed by atoms with Gasteiger partial charge in [-0.3, -0.25) is 9.59 Å². The Hall–Kier alpha value is -3.60. The molecular formula is C25H24N2O3. The van der Waals surface area contributed by atoms with Crippen LogP contribution in [0.3, 0.4) is 0 Å². The fraction of sp³-hybridized carbons (Fsp3) is 0.200. The third kappa shape index (κ3) is 3.79. The summed E-state index contributed by atoms with van der Waals surface area (Å²) in [7, 11) is 1.59. The zero-order chi connectivity index (χ0) is 21.3. The Kier molecular flexibility index (Phi) is 5.27. The van der Waals surface area contributed by atoms with Gasteiger partial charge < -0.3 is 15.0 Å². The molecule has 0 aliphatic carbocycles. The first-order chi connectivity index (χ1) is 14.5. The summed E-state index contributed by atoms with van der Waals surface area (Å²) in [5.74, 6) is 0.456. The van der Waals surface area contributed by atoms with Crippen molar-refractivity contribution in [1.82, 2.24) is 0 Å². The normalized spacial score (nSPS) is 12.4. The highest BCUT2D eigenvalue weighted by atomic mass is 16.5. The van der Waals surface area contributed by atoms with Gasteiger partial charge in [0.2, 0.25) is 5.91 Å². The maximum Gasteiger partial charge on any atom is 0.256 e. The molecule has 0 spiro atoms. The molecule has 0 unspecified atom stereocenters. The molecule has 4 rings (SSSR count). The van der Waals surface area contributed by atoms with E-state index in [1.807, 2.05) is 61.5 Å². The number of aryl methyl sites for hydroxylation is 1. The average Bonchev–Trinajstić information content (AvgIpc) is 3.17. The lowest BCUT2D eigenvalue weighted by molar-refractivity contribution is -0.116. The van der Waals surface area contributed by atoms with E-state index in [1.165, 1.54) is 0 Å². The van der Waals surface area contributed by atoms with Crippen molar-refractivity contribution in [3.63, 3.8) is 0 Å². The number of rotatable bonds is 4. The number of benzene rings is 3. The van der Waals surface area contributed by atoms with Crippen LogP contribution in [0.4, 0.5) is 11.4 Å². The molecule has 30 heavy (non-hydrogen) atoms. The van der Waals surface area contributed by atoms with Crippen LogP contribution < -0.4 is 15.0 Å². The molecule has 0 saturated heterocycles. The number of ether oxygens (including phenoxy) is 1. The summed E-state index contributed by atoms with van der Waals surface area (Å²) in [5, 5.41) is 3.01. The zero-order valence-corrected chi connectivity index (χ0v) is 17.4. The number of hydrogen-bond donors (Lipinski definition) is 1. The van der Waals surface area contributed by atoms with E-state index in [9.17, 15) is 9.59 Å². The molecule has 5 nitrogen and oxygen atoms in total. The van der Waals surface area contributed by atoms with E-state index in [2.05, 4.69) is 5.32 Å². The first-order valence-corrected chi connectivity index (χ1v) is 9.94. The number of carbonyl (C=O) groups excluding carboxylic acids is 2. The van der Waals surface area contributed by atoms with Crippen LogP contribution in [0.15, 0.2) is 60.7 Å². The summed E-state index contributed by atoms with van der Waals surface area (Å²) in [6.45, 7) is 4.28. The second-order valence-corrected chi connectivity index (χ2v) is 7.50. The molecule has 0 radical (unpaired) electrons. The van der Waals surface area contributed by atoms with Gasteiger partial charge in [0, 0.05) is 24.8 Å². The molecule has 1 aliphatic heterocycles. The molecule has 0 bridgehead atoms. The van der Waals surface area contributed by atoms with Crippen LogP contribution in [0.2, 0.25) is 0 Å². The Morgan fingerprint density at radius 3 is 2.47 bits per heavy atom. The SMILES string of the molecule is COc1ccc(-c2ccc(C)cc2)c(C(=O)Nc2ccc3c(c2)CCN3C(C)=O)c1. The summed E-state index contributed by atoms with van der Waals surface area (Å²) in [5.41, 5.74) is 6.22. The van der Waals surface area contributed by atoms with E-state index in [-0.39, 0.29) is 11.8 Å². The van der Waals surface area contributed by atoms with Gasteiger partial charge in [0.15, 0.2) is 0 Å². The molecule has 2 amide bonds. The lowest BCUT2D eigenvalue weighted by Gasteiger charge is -2.16. The van der Waals surface area contributed by atoms with Crippen LogP contribution in [0.5, 0.6) is 5.75 Å². The summed E-state index contributed by atoms with van der Waals surface area (Å²) in [6, 6.07) is 19.3. The fourth-order valence-corrected chi connectivity index (χ4v) is 3.83. The molecule has 152 valence electrons. The number of hydrogen-bond acceptors (Lipinski definition) is 3. The molecule has 0 fully saturated rings. The van der Waals surface area contributed by atoms with Crippen molar-refractivity contribution in [2.45, 2.75) is 20.3 Å². The quantitative estimate of drug-likeness (QED) is 0.682. The number of fused-ring (bicyclic) bond motifs is 1. The first kappa shape index (κ1) is 19.7. The molecule has 3 aromatic rings. The Balaban J connectivity index is 1.65. The van der Waals surface area contributed by atoms with Crippen molar-refractivity contribution in [2.24, 2.45) is 0 Å².